The summed E-state index contributed by atoms with van der Waals surface area (Å²) < 4.78 is 71.0. The van der Waals surface area contributed by atoms with Crippen LogP contribution < -0.4 is 0 Å². The molecule has 0 aromatic heterocycles. The van der Waals surface area contributed by atoms with E-state index in [4.69, 9.17) is 10.2 Å². The summed E-state index contributed by atoms with van der Waals surface area (Å²) in [7, 11) is 0. The van der Waals surface area contributed by atoms with Crippen LogP contribution in [0.15, 0.2) is 84.9 Å². The van der Waals surface area contributed by atoms with Crippen molar-refractivity contribution >= 4 is 6.88 Å². The maximum absolute atomic E-state index is 11.8. The molecule has 6 rings (SSSR count). The predicted octanol–water partition coefficient (Wildman–Crippen LogP) is 9.37. The first-order chi connectivity index (χ1) is 19.9. The molecule has 2 nitrogen and oxygen atoms in total. The number of aromatic hydroxyl groups is 2. The third-order valence-electron chi connectivity index (χ3n) is 6.69. The zero-order valence-corrected chi connectivity index (χ0v) is 29.0. The van der Waals surface area contributed by atoms with E-state index >= 15 is 0 Å². The summed E-state index contributed by atoms with van der Waals surface area (Å²) in [6, 6.07) is 20.7. The van der Waals surface area contributed by atoms with Crippen LogP contribution in [0.4, 0.5) is 26.3 Å². The van der Waals surface area contributed by atoms with Gasteiger partial charge in [0.15, 0.2) is 0 Å². The average molecular weight is 714 g/mol. The average Bonchev–Trinajstić information content (AvgIpc) is 3.65. The molecule has 2 aliphatic carbocycles. The van der Waals surface area contributed by atoms with Crippen LogP contribution in [0.5, 0.6) is 11.5 Å². The third kappa shape index (κ3) is 14.5. The fourth-order valence-corrected chi connectivity index (χ4v) is 4.53. The molecule has 4 aromatic carbocycles. The first-order valence-corrected chi connectivity index (χ1v) is 19.4. The van der Waals surface area contributed by atoms with E-state index < -0.39 is 23.5 Å². The molecule has 0 heterocycles. The van der Waals surface area contributed by atoms with E-state index in [1.165, 1.54) is 51.4 Å². The Hall–Kier alpha value is -2.58. The number of fused-ring (bicyclic) bond motifs is 2. The van der Waals surface area contributed by atoms with Gasteiger partial charge in [0.25, 0.3) is 0 Å². The molecule has 2 aliphatic rings. The second-order valence-corrected chi connectivity index (χ2v) is 9.66. The Morgan fingerprint density at radius 2 is 0.818 bits per heavy atom. The van der Waals surface area contributed by atoms with Crippen molar-refractivity contribution in [2.75, 3.05) is 0 Å². The number of benzene rings is 2. The van der Waals surface area contributed by atoms with Gasteiger partial charge in [0, 0.05) is 0 Å². The van der Waals surface area contributed by atoms with Gasteiger partial charge in [-0.25, -0.2) is 12.1 Å². The Bertz CT molecular complexity index is 1170. The first kappa shape index (κ1) is 41.4. The molecular formula is C34H40F6O2SiZr-4. The van der Waals surface area contributed by atoms with Crippen molar-refractivity contribution in [3.63, 3.8) is 0 Å². The molecule has 0 bridgehead atoms. The number of alkyl halides is 6. The second-order valence-electron chi connectivity index (χ2n) is 9.66. The Kier molecular flexibility index (Phi) is 19.3. The minimum absolute atomic E-state index is 0. The van der Waals surface area contributed by atoms with E-state index in [0.29, 0.717) is 0 Å². The summed E-state index contributed by atoms with van der Waals surface area (Å²) in [5, 5.41) is 17.3. The molecular weight excluding hydrogens is 674 g/mol. The first-order valence-electron chi connectivity index (χ1n) is 13.5. The minimum Gasteiger partial charge on any atom is -0.210 e. The molecule has 44 heavy (non-hydrogen) atoms. The Morgan fingerprint density at radius 1 is 0.523 bits per heavy atom. The van der Waals surface area contributed by atoms with E-state index in [1.54, 1.807) is 45.6 Å². The number of hydrogen-bond donors (Lipinski definition) is 2. The molecule has 10 heteroatoms. The molecule has 2 N–H and O–H groups in total. The SMILES string of the molecule is Oc1ccc(C(F)(F)F)cc1.Oc1ccc(C(F)(F)F)cc1.[CH3-].[CH3-].[SiH2]=[Zr].c1cc2c([cH-]1)CCCC2.c1cc2c([cH-]1)CCCC2. The summed E-state index contributed by atoms with van der Waals surface area (Å²) >= 11 is 1.58. The number of rotatable bonds is 0. The van der Waals surface area contributed by atoms with Crippen molar-refractivity contribution in [1.82, 2.24) is 0 Å². The maximum atomic E-state index is 11.8. The zero-order chi connectivity index (χ0) is 31.2. The largest absolute Gasteiger partial charge is 0.210 e. The van der Waals surface area contributed by atoms with Crippen LogP contribution in [0.3, 0.4) is 0 Å². The Labute approximate surface area is 274 Å². The van der Waals surface area contributed by atoms with Crippen molar-refractivity contribution in [3.05, 3.63) is 133 Å². The normalized spacial score (nSPS) is 12.9. The molecule has 242 valence electrons. The quantitative estimate of drug-likeness (QED) is 0.108. The predicted molar refractivity (Wildman–Crippen MR) is 165 cm³/mol. The Morgan fingerprint density at radius 3 is 1.09 bits per heavy atom. The third-order valence-corrected chi connectivity index (χ3v) is 6.69. The number of phenolic OH excluding ortho intramolecular Hbond substituents is 2. The number of hydrogen-bond acceptors (Lipinski definition) is 2. The van der Waals surface area contributed by atoms with Gasteiger partial charge in [-0.1, -0.05) is 51.4 Å². The van der Waals surface area contributed by atoms with Crippen molar-refractivity contribution in [1.29, 1.82) is 0 Å². The van der Waals surface area contributed by atoms with Crippen LogP contribution in [-0.2, 0) is 61.4 Å². The van der Waals surface area contributed by atoms with Crippen molar-refractivity contribution in [2.24, 2.45) is 0 Å². The van der Waals surface area contributed by atoms with E-state index in [1.807, 2.05) is 6.88 Å². The fraction of sp³-hybridized carbons (Fsp3) is 0.294. The van der Waals surface area contributed by atoms with Gasteiger partial charge < -0.3 is 25.1 Å². The molecule has 0 spiro atoms. The van der Waals surface area contributed by atoms with Gasteiger partial charge in [-0.3, -0.25) is 0 Å². The van der Waals surface area contributed by atoms with Gasteiger partial charge in [-0.2, -0.15) is 72.9 Å². The minimum atomic E-state index is -4.33. The van der Waals surface area contributed by atoms with Gasteiger partial charge in [0.1, 0.15) is 11.5 Å². The van der Waals surface area contributed by atoms with E-state index in [0.717, 1.165) is 48.5 Å². The van der Waals surface area contributed by atoms with Crippen LogP contribution in [0.1, 0.15) is 59.1 Å². The van der Waals surface area contributed by atoms with Crippen molar-refractivity contribution in [2.45, 2.75) is 63.7 Å². The molecule has 0 saturated carbocycles. The summed E-state index contributed by atoms with van der Waals surface area (Å²) in [4.78, 5) is 0. The Balaban J connectivity index is 0.000000543. The number of aryl methyl sites for hydroxylation is 4. The van der Waals surface area contributed by atoms with Gasteiger partial charge >= 0.3 is 42.6 Å². The van der Waals surface area contributed by atoms with Crippen molar-refractivity contribution in [3.8, 4) is 11.5 Å². The van der Waals surface area contributed by atoms with Gasteiger partial charge in [-0.15, -0.1) is 0 Å². The van der Waals surface area contributed by atoms with E-state index in [-0.39, 0.29) is 26.4 Å². The smallest absolute Gasteiger partial charge is 0.0512 e. The number of halogens is 6. The molecule has 0 saturated heterocycles. The van der Waals surface area contributed by atoms with Crippen LogP contribution in [-0.4, -0.2) is 17.1 Å². The summed E-state index contributed by atoms with van der Waals surface area (Å²) in [5.41, 5.74) is 4.88. The van der Waals surface area contributed by atoms with E-state index in [9.17, 15) is 26.3 Å². The molecule has 0 fully saturated rings. The second kappa shape index (κ2) is 20.5. The molecule has 4 aromatic rings. The van der Waals surface area contributed by atoms with Gasteiger partial charge in [0.05, 0.1) is 11.1 Å². The zero-order valence-electron chi connectivity index (χ0n) is 25.1. The topological polar surface area (TPSA) is 40.5 Å². The number of phenols is 2. The summed E-state index contributed by atoms with van der Waals surface area (Å²) in [6.07, 6.45) is 2.23. The van der Waals surface area contributed by atoms with Crippen molar-refractivity contribution < 1.29 is 59.9 Å². The van der Waals surface area contributed by atoms with Crippen LogP contribution in [0.25, 0.3) is 0 Å². The molecule has 0 aliphatic heterocycles. The maximum Gasteiger partial charge on any atom is -0.0512 e. The van der Waals surface area contributed by atoms with Crippen LogP contribution in [0.2, 0.25) is 0 Å². The molecule has 0 unspecified atom stereocenters. The molecule has 0 radical (unpaired) electrons. The van der Waals surface area contributed by atoms with Crippen LogP contribution >= 0.6 is 0 Å². The monoisotopic (exact) mass is 712 g/mol. The van der Waals surface area contributed by atoms with E-state index in [2.05, 4.69) is 36.4 Å². The van der Waals surface area contributed by atoms with Gasteiger partial charge in [-0.05, 0) is 48.5 Å². The summed E-state index contributed by atoms with van der Waals surface area (Å²) in [6.45, 7) is 1.95. The van der Waals surface area contributed by atoms with Crippen LogP contribution in [0, 0.1) is 14.9 Å². The summed E-state index contributed by atoms with van der Waals surface area (Å²) in [5.74, 6) is -0.337. The molecule has 0 amide bonds. The van der Waals surface area contributed by atoms with Gasteiger partial charge in [0.2, 0.25) is 0 Å². The fourth-order valence-electron chi connectivity index (χ4n) is 4.53. The standard InChI is InChI=1S/2C9H11.2C7H5F3O.2CH3.H2Si.Zr/c2*1-2-5-9-7-3-6-8(9)4-1;2*8-7(9,10)5-1-3-6(11)4-2-5;;;;/h2*3,6-7H,1-2,4-5H2;2*1-4,11H;2*1H3;1H2;/q2*-1;;;2*-1;;. The molecule has 0 atom stereocenters.